The van der Waals surface area contributed by atoms with Gasteiger partial charge in [0.15, 0.2) is 0 Å². The fourth-order valence-electron chi connectivity index (χ4n) is 4.28. The molecule has 0 saturated heterocycles. The molecule has 0 aliphatic heterocycles. The third kappa shape index (κ3) is 3.23. The van der Waals surface area contributed by atoms with Crippen molar-refractivity contribution in [2.75, 3.05) is 0 Å². The Bertz CT molecular complexity index is 858. The molecule has 0 atom stereocenters. The van der Waals surface area contributed by atoms with Crippen molar-refractivity contribution < 1.29 is 4.92 Å². The first kappa shape index (κ1) is 17.4. The van der Waals surface area contributed by atoms with Gasteiger partial charge in [-0.1, -0.05) is 52.0 Å². The third-order valence-electron chi connectivity index (χ3n) is 5.30. The minimum atomic E-state index is -0.368. The van der Waals surface area contributed by atoms with Gasteiger partial charge in [-0.3, -0.25) is 10.1 Å². The van der Waals surface area contributed by atoms with Crippen LogP contribution in [0.3, 0.4) is 0 Å². The van der Waals surface area contributed by atoms with Crippen molar-refractivity contribution in [2.24, 2.45) is 0 Å². The van der Waals surface area contributed by atoms with Crippen LogP contribution in [0, 0.1) is 10.1 Å². The molecule has 0 aromatic heterocycles. The van der Waals surface area contributed by atoms with Gasteiger partial charge >= 0.3 is 0 Å². The summed E-state index contributed by atoms with van der Waals surface area (Å²) < 4.78 is 0. The van der Waals surface area contributed by atoms with Gasteiger partial charge < -0.3 is 0 Å². The number of non-ortho nitro benzene ring substituents is 1. The Balaban J connectivity index is 1.95. The minimum Gasteiger partial charge on any atom is -0.258 e. The lowest BCUT2D eigenvalue weighted by atomic mass is 9.82. The summed E-state index contributed by atoms with van der Waals surface area (Å²) in [6.07, 6.45) is 3.31. The highest BCUT2D eigenvalue weighted by Crippen LogP contribution is 2.49. The molecule has 0 amide bonds. The predicted octanol–water partition coefficient (Wildman–Crippen LogP) is 6.11. The SMILES string of the molecule is C/C(=C\c1ccc2c(c1)C(C)(C)CC2(C)C)c1ccc([N+](=O)[O-])cc1. The van der Waals surface area contributed by atoms with E-state index in [-0.39, 0.29) is 21.4 Å². The van der Waals surface area contributed by atoms with Crippen LogP contribution in [0.25, 0.3) is 11.6 Å². The van der Waals surface area contributed by atoms with Crippen LogP contribution in [0.4, 0.5) is 5.69 Å². The molecule has 1 aliphatic rings. The van der Waals surface area contributed by atoms with Crippen LogP contribution in [0.2, 0.25) is 0 Å². The van der Waals surface area contributed by atoms with Crippen molar-refractivity contribution in [3.8, 4) is 0 Å². The highest BCUT2D eigenvalue weighted by atomic mass is 16.6. The second kappa shape index (κ2) is 5.83. The molecule has 0 spiro atoms. The van der Waals surface area contributed by atoms with Crippen molar-refractivity contribution >= 4 is 17.3 Å². The molecule has 0 fully saturated rings. The van der Waals surface area contributed by atoms with Gasteiger partial charge in [0.2, 0.25) is 0 Å². The third-order valence-corrected chi connectivity index (χ3v) is 5.30. The highest BCUT2D eigenvalue weighted by molar-refractivity contribution is 5.80. The molecule has 0 heterocycles. The zero-order valence-electron chi connectivity index (χ0n) is 15.6. The van der Waals surface area contributed by atoms with Gasteiger partial charge in [0.25, 0.3) is 5.69 Å². The number of hydrogen-bond donors (Lipinski definition) is 0. The van der Waals surface area contributed by atoms with Crippen molar-refractivity contribution in [2.45, 2.75) is 51.9 Å². The molecule has 3 rings (SSSR count). The average molecular weight is 335 g/mol. The molecule has 0 radical (unpaired) electrons. The second-order valence-corrected chi connectivity index (χ2v) is 8.38. The number of nitro benzene ring substituents is 1. The van der Waals surface area contributed by atoms with Gasteiger partial charge in [0.05, 0.1) is 4.92 Å². The maximum Gasteiger partial charge on any atom is 0.269 e. The number of rotatable bonds is 3. The van der Waals surface area contributed by atoms with E-state index in [0.29, 0.717) is 0 Å². The molecule has 0 bridgehead atoms. The van der Waals surface area contributed by atoms with E-state index in [2.05, 4.69) is 52.0 Å². The molecule has 25 heavy (non-hydrogen) atoms. The molecular weight excluding hydrogens is 310 g/mol. The van der Waals surface area contributed by atoms with Crippen molar-refractivity contribution in [3.63, 3.8) is 0 Å². The summed E-state index contributed by atoms with van der Waals surface area (Å²) in [5, 5.41) is 10.8. The van der Waals surface area contributed by atoms with Crippen LogP contribution < -0.4 is 0 Å². The summed E-state index contributed by atoms with van der Waals surface area (Å²) in [7, 11) is 0. The number of allylic oxidation sites excluding steroid dienone is 1. The summed E-state index contributed by atoms with van der Waals surface area (Å²) in [6, 6.07) is 13.5. The number of nitrogens with zero attached hydrogens (tertiary/aromatic N) is 1. The van der Waals surface area contributed by atoms with Gasteiger partial charge in [-0.15, -0.1) is 0 Å². The van der Waals surface area contributed by atoms with Crippen molar-refractivity contribution in [1.82, 2.24) is 0 Å². The topological polar surface area (TPSA) is 43.1 Å². The first-order valence-electron chi connectivity index (χ1n) is 8.68. The molecule has 0 unspecified atom stereocenters. The fourth-order valence-corrected chi connectivity index (χ4v) is 4.28. The Labute approximate surface area is 149 Å². The molecule has 1 aliphatic carbocycles. The number of hydrogen-bond acceptors (Lipinski definition) is 2. The molecule has 0 N–H and O–H groups in total. The van der Waals surface area contributed by atoms with E-state index < -0.39 is 0 Å². The Hall–Kier alpha value is -2.42. The molecular formula is C22H25NO2. The van der Waals surface area contributed by atoms with Crippen LogP contribution in [-0.4, -0.2) is 4.92 Å². The lowest BCUT2D eigenvalue weighted by molar-refractivity contribution is -0.384. The van der Waals surface area contributed by atoms with Crippen LogP contribution in [0.5, 0.6) is 0 Å². The van der Waals surface area contributed by atoms with Crippen LogP contribution in [-0.2, 0) is 10.8 Å². The summed E-state index contributed by atoms with van der Waals surface area (Å²) >= 11 is 0. The van der Waals surface area contributed by atoms with Crippen LogP contribution in [0.1, 0.15) is 63.3 Å². The maximum atomic E-state index is 10.8. The van der Waals surface area contributed by atoms with Crippen LogP contribution in [0.15, 0.2) is 42.5 Å². The van der Waals surface area contributed by atoms with E-state index in [1.54, 1.807) is 12.1 Å². The summed E-state index contributed by atoms with van der Waals surface area (Å²) in [5.74, 6) is 0. The van der Waals surface area contributed by atoms with E-state index in [1.165, 1.54) is 16.7 Å². The smallest absolute Gasteiger partial charge is 0.258 e. The number of nitro groups is 1. The number of benzene rings is 2. The monoisotopic (exact) mass is 335 g/mol. The fraction of sp³-hybridized carbons (Fsp3) is 0.364. The van der Waals surface area contributed by atoms with Crippen molar-refractivity contribution in [3.05, 3.63) is 74.8 Å². The lowest BCUT2D eigenvalue weighted by Gasteiger charge is -2.22. The van der Waals surface area contributed by atoms with Gasteiger partial charge in [0.1, 0.15) is 0 Å². The van der Waals surface area contributed by atoms with E-state index in [9.17, 15) is 10.1 Å². The summed E-state index contributed by atoms with van der Waals surface area (Å²) in [6.45, 7) is 11.3. The largest absolute Gasteiger partial charge is 0.269 e. The van der Waals surface area contributed by atoms with E-state index >= 15 is 0 Å². The van der Waals surface area contributed by atoms with Crippen LogP contribution >= 0.6 is 0 Å². The standard InChI is InChI=1S/C22H25NO2/c1-15(17-7-9-18(10-8-17)23(24)25)12-16-6-11-19-20(13-16)22(4,5)14-21(19,2)3/h6-13H,14H2,1-5H3/b15-12+. The molecule has 3 heteroatoms. The molecule has 2 aromatic carbocycles. The zero-order valence-corrected chi connectivity index (χ0v) is 15.6. The van der Waals surface area contributed by atoms with E-state index in [1.807, 2.05) is 19.1 Å². The number of fused-ring (bicyclic) bond motifs is 1. The minimum absolute atomic E-state index is 0.123. The summed E-state index contributed by atoms with van der Waals surface area (Å²) in [5.41, 5.74) is 6.69. The van der Waals surface area contributed by atoms with Gasteiger partial charge in [-0.25, -0.2) is 0 Å². The van der Waals surface area contributed by atoms with Gasteiger partial charge in [0, 0.05) is 12.1 Å². The molecule has 3 nitrogen and oxygen atoms in total. The Morgan fingerprint density at radius 2 is 1.60 bits per heavy atom. The Morgan fingerprint density at radius 1 is 1.00 bits per heavy atom. The van der Waals surface area contributed by atoms with E-state index in [4.69, 9.17) is 0 Å². The lowest BCUT2D eigenvalue weighted by Crippen LogP contribution is -2.17. The maximum absolute atomic E-state index is 10.8. The first-order chi connectivity index (χ1) is 11.6. The molecule has 2 aromatic rings. The zero-order chi connectivity index (χ0) is 18.4. The normalized spacial score (nSPS) is 18.0. The Kier molecular flexibility index (Phi) is 4.06. The average Bonchev–Trinajstić information content (AvgIpc) is 2.72. The van der Waals surface area contributed by atoms with Gasteiger partial charge in [-0.2, -0.15) is 0 Å². The first-order valence-corrected chi connectivity index (χ1v) is 8.68. The van der Waals surface area contributed by atoms with Gasteiger partial charge in [-0.05, 0) is 64.1 Å². The van der Waals surface area contributed by atoms with E-state index in [0.717, 1.165) is 17.6 Å². The summed E-state index contributed by atoms with van der Waals surface area (Å²) in [4.78, 5) is 10.4. The second-order valence-electron chi connectivity index (χ2n) is 8.38. The molecule has 0 saturated carbocycles. The predicted molar refractivity (Wildman–Crippen MR) is 104 cm³/mol. The molecule has 130 valence electrons. The van der Waals surface area contributed by atoms with Crippen molar-refractivity contribution in [1.29, 1.82) is 0 Å². The quantitative estimate of drug-likeness (QED) is 0.385. The Morgan fingerprint density at radius 3 is 2.20 bits per heavy atom. The highest BCUT2D eigenvalue weighted by Gasteiger charge is 2.41.